The molecule has 0 aromatic carbocycles. The van der Waals surface area contributed by atoms with E-state index in [2.05, 4.69) is 6.92 Å². The summed E-state index contributed by atoms with van der Waals surface area (Å²) >= 11 is 0. The van der Waals surface area contributed by atoms with Crippen LogP contribution in [-0.2, 0) is 19.1 Å². The van der Waals surface area contributed by atoms with Crippen LogP contribution < -0.4 is 0 Å². The number of carbonyl (C=O) groups excluding carboxylic acids is 2. The van der Waals surface area contributed by atoms with Crippen LogP contribution in [-0.4, -0.2) is 50.2 Å². The van der Waals surface area contributed by atoms with Crippen molar-refractivity contribution in [1.29, 1.82) is 0 Å². The van der Waals surface area contributed by atoms with Crippen molar-refractivity contribution in [2.45, 2.75) is 123 Å². The minimum Gasteiger partial charge on any atom is -0.462 e. The van der Waals surface area contributed by atoms with Gasteiger partial charge in [0.25, 0.3) is 0 Å². The van der Waals surface area contributed by atoms with Crippen molar-refractivity contribution >= 4 is 11.9 Å². The van der Waals surface area contributed by atoms with Crippen molar-refractivity contribution in [2.24, 2.45) is 5.92 Å². The van der Waals surface area contributed by atoms with Gasteiger partial charge in [0, 0.05) is 6.42 Å². The van der Waals surface area contributed by atoms with Gasteiger partial charge < -0.3 is 14.4 Å². The topological polar surface area (TPSA) is 55.8 Å². The molecule has 0 heterocycles. The van der Waals surface area contributed by atoms with Gasteiger partial charge in [-0.1, -0.05) is 90.9 Å². The molecular formula is C26H51NO4. The Bertz CT molecular complexity index is 439. The molecule has 0 rings (SSSR count). The largest absolute Gasteiger partial charge is 0.462 e. The molecule has 0 N–H and O–H groups in total. The lowest BCUT2D eigenvalue weighted by atomic mass is 10.0. The minimum atomic E-state index is -0.394. The Morgan fingerprint density at radius 2 is 1.29 bits per heavy atom. The van der Waals surface area contributed by atoms with Gasteiger partial charge in [-0.3, -0.25) is 9.59 Å². The maximum absolute atomic E-state index is 12.1. The number of hydrogen-bond acceptors (Lipinski definition) is 5. The second-order valence-electron chi connectivity index (χ2n) is 9.42. The van der Waals surface area contributed by atoms with E-state index in [1.54, 1.807) is 6.92 Å². The molecule has 0 saturated carbocycles. The SMILES string of the molecule is CCCCCCCCCCCCCCC(C)C(=O)OCC(C)OC(=O)CCCN(C)C. The highest BCUT2D eigenvalue weighted by Crippen LogP contribution is 2.15. The van der Waals surface area contributed by atoms with Crippen molar-refractivity contribution in [1.82, 2.24) is 4.90 Å². The van der Waals surface area contributed by atoms with Gasteiger partial charge in [0.1, 0.15) is 12.7 Å². The summed E-state index contributed by atoms with van der Waals surface area (Å²) < 4.78 is 10.6. The Morgan fingerprint density at radius 1 is 0.774 bits per heavy atom. The molecule has 0 aromatic heterocycles. The average molecular weight is 442 g/mol. The van der Waals surface area contributed by atoms with Crippen molar-refractivity contribution in [3.63, 3.8) is 0 Å². The number of hydrogen-bond donors (Lipinski definition) is 0. The first kappa shape index (κ1) is 29.9. The molecule has 2 atom stereocenters. The Labute approximate surface area is 192 Å². The van der Waals surface area contributed by atoms with Crippen LogP contribution in [0.25, 0.3) is 0 Å². The number of rotatable bonds is 21. The standard InChI is InChI=1S/C26H51NO4/c1-6-7-8-9-10-11-12-13-14-15-16-17-19-23(2)26(29)30-22-24(3)31-25(28)20-18-21-27(4)5/h23-24H,6-22H2,1-5H3. The number of carbonyl (C=O) groups is 2. The molecule has 0 aliphatic carbocycles. The Balaban J connectivity index is 3.59. The zero-order valence-corrected chi connectivity index (χ0v) is 21.3. The van der Waals surface area contributed by atoms with E-state index >= 15 is 0 Å². The molecule has 31 heavy (non-hydrogen) atoms. The Kier molecular flexibility index (Phi) is 20.0. The predicted molar refractivity (Wildman–Crippen MR) is 129 cm³/mol. The second kappa shape index (κ2) is 20.8. The quantitative estimate of drug-likeness (QED) is 0.150. The summed E-state index contributed by atoms with van der Waals surface area (Å²) in [5.74, 6) is -0.500. The van der Waals surface area contributed by atoms with Gasteiger partial charge in [-0.05, 0) is 40.4 Å². The summed E-state index contributed by atoms with van der Waals surface area (Å²) in [6.45, 7) is 6.96. The number of nitrogens with zero attached hydrogens (tertiary/aromatic N) is 1. The van der Waals surface area contributed by atoms with Crippen LogP contribution in [0.2, 0.25) is 0 Å². The van der Waals surface area contributed by atoms with Crippen LogP contribution in [0.3, 0.4) is 0 Å². The van der Waals surface area contributed by atoms with E-state index < -0.39 is 6.10 Å². The van der Waals surface area contributed by atoms with Crippen LogP contribution in [0.15, 0.2) is 0 Å². The minimum absolute atomic E-state index is 0.0916. The number of esters is 2. The van der Waals surface area contributed by atoms with Crippen molar-refractivity contribution in [2.75, 3.05) is 27.2 Å². The monoisotopic (exact) mass is 441 g/mol. The fourth-order valence-electron chi connectivity index (χ4n) is 3.61. The van der Waals surface area contributed by atoms with Gasteiger partial charge in [0.2, 0.25) is 0 Å². The maximum Gasteiger partial charge on any atom is 0.308 e. The van der Waals surface area contributed by atoms with Crippen molar-refractivity contribution < 1.29 is 19.1 Å². The van der Waals surface area contributed by atoms with Gasteiger partial charge in [-0.25, -0.2) is 0 Å². The van der Waals surface area contributed by atoms with Gasteiger partial charge in [0.15, 0.2) is 0 Å². The van der Waals surface area contributed by atoms with Crippen molar-refractivity contribution in [3.05, 3.63) is 0 Å². The van der Waals surface area contributed by atoms with E-state index in [1.807, 2.05) is 25.9 Å². The fraction of sp³-hybridized carbons (Fsp3) is 0.923. The van der Waals surface area contributed by atoms with Crippen LogP contribution in [0.5, 0.6) is 0 Å². The van der Waals surface area contributed by atoms with Crippen LogP contribution in [0, 0.1) is 5.92 Å². The van der Waals surface area contributed by atoms with Crippen LogP contribution >= 0.6 is 0 Å². The van der Waals surface area contributed by atoms with Gasteiger partial charge in [-0.15, -0.1) is 0 Å². The Morgan fingerprint density at radius 3 is 1.81 bits per heavy atom. The molecule has 5 nitrogen and oxygen atoms in total. The number of ether oxygens (including phenoxy) is 2. The van der Waals surface area contributed by atoms with E-state index in [-0.39, 0.29) is 24.5 Å². The van der Waals surface area contributed by atoms with Crippen LogP contribution in [0.4, 0.5) is 0 Å². The Hall–Kier alpha value is -1.10. The molecule has 0 amide bonds. The number of unbranched alkanes of at least 4 members (excludes halogenated alkanes) is 11. The van der Waals surface area contributed by atoms with E-state index in [0.717, 1.165) is 25.8 Å². The predicted octanol–water partition coefficient (Wildman–Crippen LogP) is 6.53. The highest BCUT2D eigenvalue weighted by molar-refractivity contribution is 5.72. The summed E-state index contributed by atoms with van der Waals surface area (Å²) in [7, 11) is 3.96. The molecule has 0 aliphatic rings. The highest BCUT2D eigenvalue weighted by Gasteiger charge is 2.17. The molecule has 184 valence electrons. The fourth-order valence-corrected chi connectivity index (χ4v) is 3.61. The lowest BCUT2D eigenvalue weighted by molar-refractivity contribution is -0.160. The third-order valence-electron chi connectivity index (χ3n) is 5.67. The van der Waals surface area contributed by atoms with Gasteiger partial charge in [0.05, 0.1) is 5.92 Å². The summed E-state index contributed by atoms with van der Waals surface area (Å²) in [5.41, 5.74) is 0. The highest BCUT2D eigenvalue weighted by atomic mass is 16.6. The first-order chi connectivity index (χ1) is 14.9. The van der Waals surface area contributed by atoms with Crippen molar-refractivity contribution in [3.8, 4) is 0 Å². The normalized spacial score (nSPS) is 13.2. The van der Waals surface area contributed by atoms with E-state index in [1.165, 1.54) is 70.6 Å². The summed E-state index contributed by atoms with van der Waals surface area (Å²) in [6.07, 6.45) is 17.5. The zero-order chi connectivity index (χ0) is 23.3. The lowest BCUT2D eigenvalue weighted by Gasteiger charge is -2.16. The molecule has 0 radical (unpaired) electrons. The molecule has 0 aliphatic heterocycles. The molecular weight excluding hydrogens is 390 g/mol. The molecule has 0 saturated heterocycles. The van der Waals surface area contributed by atoms with Gasteiger partial charge in [-0.2, -0.15) is 0 Å². The average Bonchev–Trinajstić information content (AvgIpc) is 2.72. The first-order valence-corrected chi connectivity index (χ1v) is 12.9. The summed E-state index contributed by atoms with van der Waals surface area (Å²) in [4.78, 5) is 26.0. The van der Waals surface area contributed by atoms with E-state index in [4.69, 9.17) is 9.47 Å². The summed E-state index contributed by atoms with van der Waals surface area (Å²) in [6, 6.07) is 0. The van der Waals surface area contributed by atoms with Crippen LogP contribution in [0.1, 0.15) is 117 Å². The lowest BCUT2D eigenvalue weighted by Crippen LogP contribution is -2.25. The molecule has 0 spiro atoms. The summed E-state index contributed by atoms with van der Waals surface area (Å²) in [5, 5.41) is 0. The maximum atomic E-state index is 12.1. The molecule has 2 unspecified atom stereocenters. The first-order valence-electron chi connectivity index (χ1n) is 12.9. The third-order valence-corrected chi connectivity index (χ3v) is 5.67. The second-order valence-corrected chi connectivity index (χ2v) is 9.42. The van der Waals surface area contributed by atoms with Gasteiger partial charge >= 0.3 is 11.9 Å². The molecule has 5 heteroatoms. The van der Waals surface area contributed by atoms with E-state index in [9.17, 15) is 9.59 Å². The molecule has 0 bridgehead atoms. The molecule has 0 fully saturated rings. The third kappa shape index (κ3) is 20.6. The van der Waals surface area contributed by atoms with E-state index in [0.29, 0.717) is 6.42 Å². The zero-order valence-electron chi connectivity index (χ0n) is 21.3. The molecule has 0 aromatic rings. The smallest absolute Gasteiger partial charge is 0.308 e.